The summed E-state index contributed by atoms with van der Waals surface area (Å²) in [6, 6.07) is 18.4. The minimum absolute atomic E-state index is 0.0799. The fourth-order valence-corrected chi connectivity index (χ4v) is 1.72. The van der Waals surface area contributed by atoms with Crippen LogP contribution in [0.2, 0.25) is 0 Å². The third-order valence-electron chi connectivity index (χ3n) is 2.68. The van der Waals surface area contributed by atoms with E-state index in [-0.39, 0.29) is 6.04 Å². The topological polar surface area (TPSA) is 52.0 Å². The van der Waals surface area contributed by atoms with Gasteiger partial charge in [0.25, 0.3) is 0 Å². The van der Waals surface area contributed by atoms with Gasteiger partial charge in [-0.3, -0.25) is 0 Å². The predicted octanol–water partition coefficient (Wildman–Crippen LogP) is 2.31. The highest BCUT2D eigenvalue weighted by Crippen LogP contribution is 2.21. The van der Waals surface area contributed by atoms with Crippen LogP contribution in [-0.2, 0) is 0 Å². The van der Waals surface area contributed by atoms with Crippen LogP contribution in [-0.4, -0.2) is 6.54 Å². The van der Waals surface area contributed by atoms with Crippen molar-refractivity contribution in [1.29, 1.82) is 0 Å². The summed E-state index contributed by atoms with van der Waals surface area (Å²) >= 11 is 0. The van der Waals surface area contributed by atoms with Gasteiger partial charge in [0.15, 0.2) is 0 Å². The van der Waals surface area contributed by atoms with Crippen LogP contribution in [0.1, 0.15) is 11.6 Å². The van der Waals surface area contributed by atoms with E-state index in [0.29, 0.717) is 6.54 Å². The molecule has 0 spiro atoms. The average molecular weight is 212 g/mol. The zero-order chi connectivity index (χ0) is 11.4. The second-order valence-corrected chi connectivity index (χ2v) is 3.83. The molecule has 0 heterocycles. The Balaban J connectivity index is 2.36. The van der Waals surface area contributed by atoms with Crippen molar-refractivity contribution in [2.45, 2.75) is 6.04 Å². The van der Waals surface area contributed by atoms with Crippen molar-refractivity contribution in [3.05, 3.63) is 60.2 Å². The van der Waals surface area contributed by atoms with Gasteiger partial charge in [-0.05, 0) is 22.8 Å². The molecule has 4 N–H and O–H groups in total. The van der Waals surface area contributed by atoms with Crippen LogP contribution >= 0.6 is 0 Å². The zero-order valence-electron chi connectivity index (χ0n) is 9.14. The lowest BCUT2D eigenvalue weighted by molar-refractivity contribution is 0.737. The Labute approximate surface area is 95.9 Å². The summed E-state index contributed by atoms with van der Waals surface area (Å²) in [7, 11) is 0. The summed E-state index contributed by atoms with van der Waals surface area (Å²) in [5.74, 6) is 0. The van der Waals surface area contributed by atoms with Crippen LogP contribution < -0.4 is 11.5 Å². The molecular formula is C14H16N2. The molecule has 0 radical (unpaired) electrons. The molecule has 1 atom stereocenters. The molecule has 2 rings (SSSR count). The van der Waals surface area contributed by atoms with Gasteiger partial charge in [0.2, 0.25) is 0 Å². The Morgan fingerprint density at radius 3 is 2.25 bits per heavy atom. The molecule has 0 saturated heterocycles. The summed E-state index contributed by atoms with van der Waals surface area (Å²) in [6.45, 7) is 0.470. The summed E-state index contributed by atoms with van der Waals surface area (Å²) in [5.41, 5.74) is 15.0. The van der Waals surface area contributed by atoms with Crippen molar-refractivity contribution in [2.24, 2.45) is 11.5 Å². The van der Waals surface area contributed by atoms with Crippen LogP contribution in [0.15, 0.2) is 54.6 Å². The van der Waals surface area contributed by atoms with Gasteiger partial charge in [-0.25, -0.2) is 0 Å². The maximum atomic E-state index is 5.92. The monoisotopic (exact) mass is 212 g/mol. The first-order chi connectivity index (χ1) is 7.81. The third-order valence-corrected chi connectivity index (χ3v) is 2.68. The quantitative estimate of drug-likeness (QED) is 0.820. The van der Waals surface area contributed by atoms with Gasteiger partial charge in [0, 0.05) is 12.6 Å². The molecule has 2 aromatic carbocycles. The smallest absolute Gasteiger partial charge is 0.0419 e. The van der Waals surface area contributed by atoms with Crippen molar-refractivity contribution in [2.75, 3.05) is 6.54 Å². The number of nitrogens with two attached hydrogens (primary N) is 2. The largest absolute Gasteiger partial charge is 0.329 e. The molecule has 82 valence electrons. The van der Waals surface area contributed by atoms with Gasteiger partial charge >= 0.3 is 0 Å². The Kier molecular flexibility index (Phi) is 3.34. The zero-order valence-corrected chi connectivity index (χ0v) is 9.14. The third kappa shape index (κ3) is 2.30. The van der Waals surface area contributed by atoms with Crippen molar-refractivity contribution in [1.82, 2.24) is 0 Å². The number of hydrogen-bond donors (Lipinski definition) is 2. The van der Waals surface area contributed by atoms with Crippen LogP contribution in [0.5, 0.6) is 0 Å². The summed E-state index contributed by atoms with van der Waals surface area (Å²) < 4.78 is 0. The van der Waals surface area contributed by atoms with Crippen molar-refractivity contribution in [3.8, 4) is 11.1 Å². The van der Waals surface area contributed by atoms with Gasteiger partial charge in [-0.15, -0.1) is 0 Å². The van der Waals surface area contributed by atoms with Gasteiger partial charge in [0.05, 0.1) is 0 Å². The summed E-state index contributed by atoms with van der Waals surface area (Å²) in [4.78, 5) is 0. The van der Waals surface area contributed by atoms with Gasteiger partial charge in [-0.2, -0.15) is 0 Å². The summed E-state index contributed by atoms with van der Waals surface area (Å²) in [5, 5.41) is 0. The molecule has 0 fully saturated rings. The van der Waals surface area contributed by atoms with E-state index in [0.717, 1.165) is 5.56 Å². The molecule has 0 bridgehead atoms. The molecule has 0 aliphatic rings. The number of benzene rings is 2. The first-order valence-corrected chi connectivity index (χ1v) is 5.42. The Bertz CT molecular complexity index is 451. The fourth-order valence-electron chi connectivity index (χ4n) is 1.72. The van der Waals surface area contributed by atoms with E-state index >= 15 is 0 Å². The molecule has 0 amide bonds. The van der Waals surface area contributed by atoms with E-state index in [9.17, 15) is 0 Å². The maximum absolute atomic E-state index is 5.92. The summed E-state index contributed by atoms with van der Waals surface area (Å²) in [6.07, 6.45) is 0. The lowest BCUT2D eigenvalue weighted by Gasteiger charge is -2.10. The Hall–Kier alpha value is -1.64. The highest BCUT2D eigenvalue weighted by Gasteiger charge is 2.04. The second-order valence-electron chi connectivity index (χ2n) is 3.83. The molecular weight excluding hydrogens is 196 g/mol. The SMILES string of the molecule is NC[C@@H](N)c1cccc(-c2ccccc2)c1. The number of hydrogen-bond acceptors (Lipinski definition) is 2. The van der Waals surface area contributed by atoms with Gasteiger partial charge < -0.3 is 11.5 Å². The Morgan fingerprint density at radius 2 is 1.56 bits per heavy atom. The second kappa shape index (κ2) is 4.92. The molecule has 2 nitrogen and oxygen atoms in total. The predicted molar refractivity (Wildman–Crippen MR) is 67.9 cm³/mol. The minimum Gasteiger partial charge on any atom is -0.329 e. The van der Waals surface area contributed by atoms with E-state index < -0.39 is 0 Å². The van der Waals surface area contributed by atoms with Gasteiger partial charge in [0.1, 0.15) is 0 Å². The van der Waals surface area contributed by atoms with Crippen LogP contribution in [0, 0.1) is 0 Å². The molecule has 2 heteroatoms. The van der Waals surface area contributed by atoms with E-state index in [1.807, 2.05) is 30.3 Å². The number of rotatable bonds is 3. The molecule has 0 saturated carbocycles. The van der Waals surface area contributed by atoms with E-state index in [2.05, 4.69) is 24.3 Å². The van der Waals surface area contributed by atoms with E-state index in [1.54, 1.807) is 0 Å². The van der Waals surface area contributed by atoms with Gasteiger partial charge in [-0.1, -0.05) is 48.5 Å². The highest BCUT2D eigenvalue weighted by molar-refractivity contribution is 5.64. The lowest BCUT2D eigenvalue weighted by atomic mass is 10.00. The van der Waals surface area contributed by atoms with Crippen molar-refractivity contribution in [3.63, 3.8) is 0 Å². The standard InChI is InChI=1S/C14H16N2/c15-10-14(16)13-8-4-7-12(9-13)11-5-2-1-3-6-11/h1-9,14H,10,15-16H2/t14-/m1/s1. The van der Waals surface area contributed by atoms with E-state index in [1.165, 1.54) is 11.1 Å². The maximum Gasteiger partial charge on any atom is 0.0419 e. The Morgan fingerprint density at radius 1 is 0.875 bits per heavy atom. The average Bonchev–Trinajstić information content (AvgIpc) is 2.39. The van der Waals surface area contributed by atoms with Crippen molar-refractivity contribution < 1.29 is 0 Å². The minimum atomic E-state index is -0.0799. The van der Waals surface area contributed by atoms with Crippen LogP contribution in [0.3, 0.4) is 0 Å². The lowest BCUT2D eigenvalue weighted by Crippen LogP contribution is -2.20. The van der Waals surface area contributed by atoms with Crippen LogP contribution in [0.25, 0.3) is 11.1 Å². The molecule has 0 unspecified atom stereocenters. The highest BCUT2D eigenvalue weighted by atomic mass is 14.7. The molecule has 16 heavy (non-hydrogen) atoms. The fraction of sp³-hybridized carbons (Fsp3) is 0.143. The molecule has 2 aromatic rings. The van der Waals surface area contributed by atoms with E-state index in [4.69, 9.17) is 11.5 Å². The molecule has 0 aromatic heterocycles. The van der Waals surface area contributed by atoms with Crippen LogP contribution in [0.4, 0.5) is 0 Å². The van der Waals surface area contributed by atoms with Crippen molar-refractivity contribution >= 4 is 0 Å². The normalized spacial score (nSPS) is 12.4. The molecule has 0 aliphatic carbocycles. The molecule has 0 aliphatic heterocycles. The first kappa shape index (κ1) is 10.9. The first-order valence-electron chi connectivity index (χ1n) is 5.42.